The molecule has 21 heavy (non-hydrogen) atoms. The van der Waals surface area contributed by atoms with Gasteiger partial charge in [0.1, 0.15) is 0 Å². The molecule has 0 aromatic carbocycles. The second kappa shape index (κ2) is 5.16. The van der Waals surface area contributed by atoms with Crippen LogP contribution in [0.4, 0.5) is 5.69 Å². The molecule has 7 heteroatoms. The van der Waals surface area contributed by atoms with Crippen molar-refractivity contribution in [3.05, 3.63) is 18.0 Å². The summed E-state index contributed by atoms with van der Waals surface area (Å²) in [7, 11) is 1.76. The first-order chi connectivity index (χ1) is 10.0. The summed E-state index contributed by atoms with van der Waals surface area (Å²) in [5.74, 6) is -0.380. The van der Waals surface area contributed by atoms with E-state index in [1.165, 1.54) is 0 Å². The number of pyridine rings is 1. The highest BCUT2D eigenvalue weighted by atomic mass is 16.2. The van der Waals surface area contributed by atoms with E-state index < -0.39 is 0 Å². The first-order valence-corrected chi connectivity index (χ1v) is 6.90. The molecular weight excluding hydrogens is 270 g/mol. The average Bonchev–Trinajstić information content (AvgIpc) is 2.83. The number of hydrogen-bond donors (Lipinski definition) is 2. The number of amides is 2. The molecule has 110 valence electrons. The molecule has 1 aliphatic rings. The molecule has 0 radical (unpaired) electrons. The van der Waals surface area contributed by atoms with Gasteiger partial charge < -0.3 is 10.2 Å². The van der Waals surface area contributed by atoms with Crippen molar-refractivity contribution < 1.29 is 9.59 Å². The molecule has 0 unspecified atom stereocenters. The van der Waals surface area contributed by atoms with Crippen molar-refractivity contribution in [3.63, 3.8) is 0 Å². The van der Waals surface area contributed by atoms with Crippen LogP contribution in [0.15, 0.2) is 12.3 Å². The van der Waals surface area contributed by atoms with E-state index >= 15 is 0 Å². The van der Waals surface area contributed by atoms with E-state index in [-0.39, 0.29) is 24.2 Å². The van der Waals surface area contributed by atoms with Crippen LogP contribution in [-0.4, -0.2) is 45.5 Å². The van der Waals surface area contributed by atoms with Crippen LogP contribution in [0.3, 0.4) is 0 Å². The van der Waals surface area contributed by atoms with Crippen LogP contribution in [0.25, 0.3) is 11.0 Å². The maximum Gasteiger partial charge on any atom is 0.228 e. The Labute approximate surface area is 121 Å². The first-order valence-electron chi connectivity index (χ1n) is 6.90. The molecule has 3 rings (SSSR count). The summed E-state index contributed by atoms with van der Waals surface area (Å²) in [5, 5.41) is 10.6. The summed E-state index contributed by atoms with van der Waals surface area (Å²) in [6.07, 6.45) is 2.54. The average molecular weight is 287 g/mol. The van der Waals surface area contributed by atoms with Crippen molar-refractivity contribution in [2.45, 2.75) is 19.8 Å². The van der Waals surface area contributed by atoms with E-state index in [4.69, 9.17) is 0 Å². The zero-order chi connectivity index (χ0) is 15.0. The van der Waals surface area contributed by atoms with E-state index in [0.29, 0.717) is 24.3 Å². The largest absolute Gasteiger partial charge is 0.346 e. The van der Waals surface area contributed by atoms with Crippen LogP contribution in [0.5, 0.6) is 0 Å². The minimum absolute atomic E-state index is 0.0145. The van der Waals surface area contributed by atoms with Gasteiger partial charge in [0.25, 0.3) is 0 Å². The normalized spacial score (nSPS) is 19.0. The van der Waals surface area contributed by atoms with Crippen molar-refractivity contribution >= 4 is 28.5 Å². The molecule has 0 saturated carbocycles. The molecule has 1 saturated heterocycles. The van der Waals surface area contributed by atoms with Gasteiger partial charge in [-0.2, -0.15) is 5.10 Å². The quantitative estimate of drug-likeness (QED) is 0.864. The monoisotopic (exact) mass is 287 g/mol. The van der Waals surface area contributed by atoms with Crippen molar-refractivity contribution in [3.8, 4) is 0 Å². The number of nitrogens with one attached hydrogen (secondary N) is 2. The Morgan fingerprint density at radius 3 is 3.10 bits per heavy atom. The molecule has 1 atom stereocenters. The Hall–Kier alpha value is -2.44. The predicted molar refractivity (Wildman–Crippen MR) is 77.6 cm³/mol. The van der Waals surface area contributed by atoms with E-state index in [1.54, 1.807) is 18.1 Å². The molecule has 0 bridgehead atoms. The van der Waals surface area contributed by atoms with Crippen LogP contribution < -0.4 is 5.32 Å². The van der Waals surface area contributed by atoms with Crippen LogP contribution in [0, 0.1) is 12.8 Å². The van der Waals surface area contributed by atoms with E-state index in [2.05, 4.69) is 20.5 Å². The topological polar surface area (TPSA) is 91.0 Å². The van der Waals surface area contributed by atoms with Gasteiger partial charge in [0.2, 0.25) is 11.8 Å². The van der Waals surface area contributed by atoms with Gasteiger partial charge in [0.05, 0.1) is 11.9 Å². The number of carbonyl (C=O) groups excluding carboxylic acids is 2. The van der Waals surface area contributed by atoms with Gasteiger partial charge in [-0.3, -0.25) is 14.7 Å². The minimum Gasteiger partial charge on any atom is -0.346 e. The van der Waals surface area contributed by atoms with Gasteiger partial charge in [-0.15, -0.1) is 0 Å². The Balaban J connectivity index is 1.74. The van der Waals surface area contributed by atoms with Gasteiger partial charge >= 0.3 is 0 Å². The lowest BCUT2D eigenvalue weighted by Gasteiger charge is -2.27. The molecule has 1 aliphatic heterocycles. The van der Waals surface area contributed by atoms with Crippen molar-refractivity contribution in [1.29, 1.82) is 0 Å². The lowest BCUT2D eigenvalue weighted by molar-refractivity contribution is -0.137. The minimum atomic E-state index is -0.269. The smallest absolute Gasteiger partial charge is 0.228 e. The Bertz CT molecular complexity index is 708. The standard InChI is InChI=1S/C14H17N5O2/c1-8-11-6-10(7-15-13(11)18-17-8)16-14(21)9-3-4-19(2)12(20)5-9/h6-7,9H,3-5H2,1-2H3,(H,16,21)(H,15,17,18)/t9-/m0/s1. The molecule has 1 fully saturated rings. The molecule has 7 nitrogen and oxygen atoms in total. The molecule has 3 heterocycles. The summed E-state index contributed by atoms with van der Waals surface area (Å²) in [4.78, 5) is 29.8. The van der Waals surface area contributed by atoms with Crippen LogP contribution in [0.1, 0.15) is 18.5 Å². The van der Waals surface area contributed by atoms with Gasteiger partial charge in [0, 0.05) is 37.0 Å². The fourth-order valence-electron chi connectivity index (χ4n) is 2.50. The predicted octanol–water partition coefficient (Wildman–Crippen LogP) is 1.07. The third kappa shape index (κ3) is 2.58. The summed E-state index contributed by atoms with van der Waals surface area (Å²) >= 11 is 0. The molecule has 0 aliphatic carbocycles. The molecule has 0 spiro atoms. The lowest BCUT2D eigenvalue weighted by atomic mass is 9.95. The van der Waals surface area contributed by atoms with E-state index in [1.807, 2.05) is 13.0 Å². The first kappa shape index (κ1) is 13.5. The number of hydrogen-bond acceptors (Lipinski definition) is 4. The number of carbonyl (C=O) groups is 2. The van der Waals surface area contributed by atoms with Gasteiger partial charge in [-0.05, 0) is 19.4 Å². The third-order valence-corrected chi connectivity index (χ3v) is 3.90. The Kier molecular flexibility index (Phi) is 3.32. The van der Waals surface area contributed by atoms with Crippen LogP contribution in [-0.2, 0) is 9.59 Å². The zero-order valence-corrected chi connectivity index (χ0v) is 12.0. The number of rotatable bonds is 2. The van der Waals surface area contributed by atoms with E-state index in [0.717, 1.165) is 11.1 Å². The number of fused-ring (bicyclic) bond motifs is 1. The maximum absolute atomic E-state index is 12.2. The fourth-order valence-corrected chi connectivity index (χ4v) is 2.50. The number of likely N-dealkylation sites (tertiary alicyclic amines) is 1. The number of aromatic amines is 1. The highest BCUT2D eigenvalue weighted by Gasteiger charge is 2.28. The number of aryl methyl sites for hydroxylation is 1. The second-order valence-electron chi connectivity index (χ2n) is 5.44. The number of aromatic nitrogens is 3. The molecule has 2 aromatic heterocycles. The third-order valence-electron chi connectivity index (χ3n) is 3.90. The molecular formula is C14H17N5O2. The summed E-state index contributed by atoms with van der Waals surface area (Å²) in [6, 6.07) is 1.84. The highest BCUT2D eigenvalue weighted by molar-refractivity contribution is 5.97. The lowest BCUT2D eigenvalue weighted by Crippen LogP contribution is -2.39. The van der Waals surface area contributed by atoms with Crippen molar-refractivity contribution in [1.82, 2.24) is 20.1 Å². The number of nitrogens with zero attached hydrogens (tertiary/aromatic N) is 3. The fraction of sp³-hybridized carbons (Fsp3) is 0.429. The maximum atomic E-state index is 12.2. The van der Waals surface area contributed by atoms with Crippen LogP contribution >= 0.6 is 0 Å². The summed E-state index contributed by atoms with van der Waals surface area (Å²) < 4.78 is 0. The second-order valence-corrected chi connectivity index (χ2v) is 5.44. The van der Waals surface area contributed by atoms with Crippen molar-refractivity contribution in [2.75, 3.05) is 18.9 Å². The molecule has 2 N–H and O–H groups in total. The van der Waals surface area contributed by atoms with Gasteiger partial charge in [-0.1, -0.05) is 0 Å². The number of anilines is 1. The van der Waals surface area contributed by atoms with Crippen molar-refractivity contribution in [2.24, 2.45) is 5.92 Å². The Morgan fingerprint density at radius 1 is 1.52 bits per heavy atom. The van der Waals surface area contributed by atoms with Crippen LogP contribution in [0.2, 0.25) is 0 Å². The SMILES string of the molecule is Cc1[nH]nc2ncc(NC(=O)[C@H]3CCN(C)C(=O)C3)cc12. The Morgan fingerprint density at radius 2 is 2.33 bits per heavy atom. The zero-order valence-electron chi connectivity index (χ0n) is 12.0. The summed E-state index contributed by atoms with van der Waals surface area (Å²) in [5.41, 5.74) is 2.16. The number of H-pyrrole nitrogens is 1. The molecule has 2 amide bonds. The van der Waals surface area contributed by atoms with Gasteiger partial charge in [-0.25, -0.2) is 4.98 Å². The highest BCUT2D eigenvalue weighted by Crippen LogP contribution is 2.21. The summed E-state index contributed by atoms with van der Waals surface area (Å²) in [6.45, 7) is 2.52. The number of piperidine rings is 1. The van der Waals surface area contributed by atoms with Gasteiger partial charge in [0.15, 0.2) is 5.65 Å². The van der Waals surface area contributed by atoms with E-state index in [9.17, 15) is 9.59 Å². The molecule has 2 aromatic rings.